The highest BCUT2D eigenvalue weighted by Crippen LogP contribution is 2.33. The normalized spacial score (nSPS) is 11.6. The van der Waals surface area contributed by atoms with Crippen LogP contribution in [-0.4, -0.2) is 30.4 Å². The zero-order valence-electron chi connectivity index (χ0n) is 32.3. The average molecular weight is 1240 g/mol. The van der Waals surface area contributed by atoms with Crippen molar-refractivity contribution in [1.82, 2.24) is 0 Å². The number of hydrogen-bond acceptors (Lipinski definition) is 8. The standard InChI is InChI=1S/C9H8Cl2OS.C7H5BrCl2.C7H5Cl3O2S.C7H7Cl2NO2S.C7H6ClNO2S.C2H4.2CH4/c1-6(12)13-5-7-8(10)3-2-4-9(7)11;8-4-5-6(9)2-1-3-7(5)10;2*8-6-2-1-3-7(9)5(6)4-13(10,11)12;8-6-2-1-3-7-5(6)4-12(10,11)9-7;1-2;;/h2-4H,5H2,1H3;1-3H,4H2;1-3H,4H2;1-3H,4H2,(H2,10,11,12);1-3,9H,4H2;1-2H2;2*1H4. The van der Waals surface area contributed by atoms with E-state index in [0.717, 1.165) is 11.1 Å². The number of benzene rings is 5. The quantitative estimate of drug-likeness (QED) is 0.0926. The van der Waals surface area contributed by atoms with Gasteiger partial charge in [-0.15, -0.1) is 13.2 Å². The van der Waals surface area contributed by atoms with Crippen LogP contribution in [0.4, 0.5) is 5.69 Å². The van der Waals surface area contributed by atoms with E-state index in [2.05, 4.69) is 33.8 Å². The third kappa shape index (κ3) is 25.3. The molecule has 5 aromatic rings. The Morgan fingerprint density at radius 3 is 1.26 bits per heavy atom. The molecule has 0 fully saturated rings. The van der Waals surface area contributed by atoms with Gasteiger partial charge in [-0.1, -0.05) is 177 Å². The van der Waals surface area contributed by atoms with Crippen LogP contribution in [0.1, 0.15) is 49.6 Å². The molecule has 0 saturated carbocycles. The molecule has 3 N–H and O–H groups in total. The van der Waals surface area contributed by atoms with E-state index in [9.17, 15) is 30.0 Å². The van der Waals surface area contributed by atoms with Gasteiger partial charge < -0.3 is 0 Å². The Morgan fingerprint density at radius 2 is 0.954 bits per heavy atom. The number of thioether (sulfide) groups is 1. The van der Waals surface area contributed by atoms with E-state index in [1.165, 1.54) is 18.7 Å². The lowest BCUT2D eigenvalue weighted by molar-refractivity contribution is -0.109. The summed E-state index contributed by atoms with van der Waals surface area (Å²) in [6, 6.07) is 25.4. The first-order valence-electron chi connectivity index (χ1n) is 16.9. The van der Waals surface area contributed by atoms with Gasteiger partial charge in [-0.3, -0.25) is 9.52 Å². The third-order valence-corrected chi connectivity index (χ3v) is 14.6. The van der Waals surface area contributed by atoms with Crippen molar-refractivity contribution in [1.29, 1.82) is 0 Å². The second-order valence-corrected chi connectivity index (χ2v) is 23.3. The maximum Gasteiger partial charge on any atom is 0.237 e. The van der Waals surface area contributed by atoms with Gasteiger partial charge in [0.25, 0.3) is 0 Å². The number of nitrogens with one attached hydrogen (secondary N) is 1. The van der Waals surface area contributed by atoms with Gasteiger partial charge in [-0.25, -0.2) is 30.4 Å². The van der Waals surface area contributed by atoms with Crippen LogP contribution < -0.4 is 9.86 Å². The number of sulfonamides is 2. The summed E-state index contributed by atoms with van der Waals surface area (Å²) in [6.07, 6.45) is 0. The molecule has 0 unspecified atom stereocenters. The summed E-state index contributed by atoms with van der Waals surface area (Å²) in [5.41, 5.74) is 3.72. The Hall–Kier alpha value is -1.15. The topological polar surface area (TPSA) is 158 Å². The van der Waals surface area contributed by atoms with Crippen LogP contribution in [0.25, 0.3) is 0 Å². The van der Waals surface area contributed by atoms with Crippen LogP contribution in [0, 0.1) is 0 Å². The van der Waals surface area contributed by atoms with Crippen molar-refractivity contribution in [2.45, 2.75) is 50.1 Å². The van der Waals surface area contributed by atoms with Crippen molar-refractivity contribution in [2.24, 2.45) is 5.14 Å². The van der Waals surface area contributed by atoms with Gasteiger partial charge in [0.15, 0.2) is 5.12 Å². The van der Waals surface area contributed by atoms with E-state index in [1.807, 2.05) is 18.2 Å². The number of fused-ring (bicyclic) bond motifs is 1. The van der Waals surface area contributed by atoms with Crippen molar-refractivity contribution in [3.05, 3.63) is 177 Å². The smallest absolute Gasteiger partial charge is 0.237 e. The lowest BCUT2D eigenvalue weighted by atomic mass is 10.2. The summed E-state index contributed by atoms with van der Waals surface area (Å²) in [5.74, 6) is -0.172. The number of hydrogen-bond donors (Lipinski definition) is 2. The number of carbonyl (C=O) groups is 1. The molecule has 1 aliphatic heterocycles. The molecule has 0 saturated heterocycles. The fraction of sp³-hybridized carbons (Fsp3) is 0.195. The Balaban J connectivity index is 0. The van der Waals surface area contributed by atoms with E-state index < -0.39 is 29.1 Å². The molecular formula is C41H43BrCl10N2O7S4. The van der Waals surface area contributed by atoms with Crippen LogP contribution in [0.5, 0.6) is 0 Å². The first kappa shape index (κ1) is 65.9. The number of halogens is 11. The number of anilines is 1. The highest BCUT2D eigenvalue weighted by atomic mass is 79.9. The summed E-state index contributed by atoms with van der Waals surface area (Å²) < 4.78 is 67.6. The molecule has 1 aliphatic rings. The first-order chi connectivity index (χ1) is 29.2. The summed E-state index contributed by atoms with van der Waals surface area (Å²) in [7, 11) is -5.31. The van der Waals surface area contributed by atoms with Crippen LogP contribution in [-0.2, 0) is 62.2 Å². The summed E-state index contributed by atoms with van der Waals surface area (Å²) in [6.45, 7) is 7.52. The lowest BCUT2D eigenvalue weighted by Gasteiger charge is -2.04. The summed E-state index contributed by atoms with van der Waals surface area (Å²) in [5, 5.41) is 10.00. The molecule has 6 rings (SSSR count). The van der Waals surface area contributed by atoms with E-state index in [0.29, 0.717) is 78.7 Å². The maximum atomic E-state index is 11.1. The molecular weight excluding hydrogens is 1200 g/mol. The fourth-order valence-electron chi connectivity index (χ4n) is 4.41. The first-order valence-corrected chi connectivity index (χ1v) is 28.2. The van der Waals surface area contributed by atoms with Gasteiger partial charge in [0, 0.05) is 90.6 Å². The Kier molecular flexibility index (Phi) is 32.3. The number of rotatable bonds is 7. The molecule has 9 nitrogen and oxygen atoms in total. The van der Waals surface area contributed by atoms with Gasteiger partial charge in [-0.05, 0) is 71.8 Å². The number of primary sulfonamides is 1. The highest BCUT2D eigenvalue weighted by molar-refractivity contribution is 9.08. The second-order valence-electron chi connectivity index (χ2n) is 11.8. The zero-order valence-corrected chi connectivity index (χ0v) is 44.7. The van der Waals surface area contributed by atoms with Crippen LogP contribution in [0.2, 0.25) is 45.2 Å². The van der Waals surface area contributed by atoms with Crippen LogP contribution in [0.15, 0.2) is 104 Å². The Labute approximate surface area is 445 Å². The predicted molar refractivity (Wildman–Crippen MR) is 288 cm³/mol. The minimum Gasteiger partial charge on any atom is -0.288 e. The lowest BCUT2D eigenvalue weighted by Crippen LogP contribution is -2.15. The van der Waals surface area contributed by atoms with Crippen molar-refractivity contribution in [3.63, 3.8) is 0 Å². The van der Waals surface area contributed by atoms with Gasteiger partial charge in [-0.2, -0.15) is 0 Å². The number of nitrogens with two attached hydrogens (primary N) is 1. The molecule has 0 radical (unpaired) electrons. The molecule has 360 valence electrons. The molecule has 1 heterocycles. The van der Waals surface area contributed by atoms with Gasteiger partial charge >= 0.3 is 0 Å². The molecule has 0 atom stereocenters. The van der Waals surface area contributed by atoms with Crippen LogP contribution >= 0.6 is 143 Å². The van der Waals surface area contributed by atoms with Crippen molar-refractivity contribution in [3.8, 4) is 0 Å². The predicted octanol–water partition coefficient (Wildman–Crippen LogP) is 16.2. The van der Waals surface area contributed by atoms with E-state index in [-0.39, 0.29) is 37.2 Å². The molecule has 0 spiro atoms. The van der Waals surface area contributed by atoms with Gasteiger partial charge in [0.2, 0.25) is 29.1 Å². The molecule has 5 aromatic carbocycles. The average Bonchev–Trinajstić information content (AvgIpc) is 3.51. The highest BCUT2D eigenvalue weighted by Gasteiger charge is 2.25. The zero-order chi connectivity index (χ0) is 48.3. The SMILES string of the molecule is C.C.C=C.CC(=O)SCc1c(Cl)cccc1Cl.Clc1cccc(Cl)c1CBr.NS(=O)(=O)Cc1c(Cl)cccc1Cl.O=S(=O)(Cl)Cc1c(Cl)cccc1Cl.O=S1(=O)Cc2c(Cl)cccc2N1. The van der Waals surface area contributed by atoms with Crippen molar-refractivity contribution >= 4 is 183 Å². The van der Waals surface area contributed by atoms with Crippen LogP contribution in [0.3, 0.4) is 0 Å². The summed E-state index contributed by atoms with van der Waals surface area (Å²) in [4.78, 5) is 10.7. The third-order valence-electron chi connectivity index (χ3n) is 7.18. The monoisotopic (exact) mass is 1230 g/mol. The van der Waals surface area contributed by atoms with Crippen molar-refractivity contribution in [2.75, 3.05) is 4.72 Å². The maximum absolute atomic E-state index is 11.1. The van der Waals surface area contributed by atoms with E-state index in [1.54, 1.807) is 72.8 Å². The minimum atomic E-state index is -3.62. The largest absolute Gasteiger partial charge is 0.288 e. The molecule has 0 aliphatic carbocycles. The van der Waals surface area contributed by atoms with E-state index in [4.69, 9.17) is 120 Å². The summed E-state index contributed by atoms with van der Waals surface area (Å²) >= 11 is 56.6. The van der Waals surface area contributed by atoms with E-state index >= 15 is 0 Å². The fourth-order valence-corrected chi connectivity index (χ4v) is 11.9. The molecule has 0 aromatic heterocycles. The Morgan fingerprint density at radius 1 is 0.631 bits per heavy atom. The Bertz CT molecular complexity index is 2520. The molecule has 65 heavy (non-hydrogen) atoms. The molecule has 0 bridgehead atoms. The number of alkyl halides is 1. The number of carbonyl (C=O) groups excluding carboxylic acids is 1. The van der Waals surface area contributed by atoms with Gasteiger partial charge in [0.05, 0.1) is 22.9 Å². The molecule has 0 amide bonds. The van der Waals surface area contributed by atoms with Crippen molar-refractivity contribution < 1.29 is 30.0 Å². The van der Waals surface area contributed by atoms with Gasteiger partial charge in [0.1, 0.15) is 0 Å². The minimum absolute atomic E-state index is 0. The molecule has 24 heteroatoms. The second kappa shape index (κ2) is 31.9.